The van der Waals surface area contributed by atoms with E-state index in [9.17, 15) is 20.1 Å². The smallest absolute Gasteiger partial charge is 0.303 e. The number of ether oxygens (including phenoxy) is 2. The molecule has 0 bridgehead atoms. The van der Waals surface area contributed by atoms with Crippen molar-refractivity contribution in [2.24, 2.45) is 0 Å². The first kappa shape index (κ1) is 41.5. The lowest BCUT2D eigenvalue weighted by Gasteiger charge is -2.48. The van der Waals surface area contributed by atoms with Gasteiger partial charge in [0.15, 0.2) is 0 Å². The number of nitrogens with one attached hydrogen (secondary N) is 2. The molecule has 1 amide bonds. The van der Waals surface area contributed by atoms with Crippen molar-refractivity contribution in [2.75, 3.05) is 19.6 Å². The topological polar surface area (TPSA) is 161 Å². The number of amides is 1. The number of likely N-dealkylation sites (tertiary alicyclic amines) is 1. The van der Waals surface area contributed by atoms with E-state index < -0.39 is 5.97 Å². The number of carbonyl (C=O) groups is 2. The number of rotatable bonds is 16. The van der Waals surface area contributed by atoms with Crippen LogP contribution in [0.3, 0.4) is 0 Å². The molecule has 0 radical (unpaired) electrons. The predicted molar refractivity (Wildman–Crippen MR) is 225 cm³/mol. The monoisotopic (exact) mass is 848 g/mol. The van der Waals surface area contributed by atoms with Crippen molar-refractivity contribution in [3.05, 3.63) is 133 Å². The number of aliphatic carboxylic acids is 1. The molecule has 0 saturated carbocycles. The molecule has 5 aromatic rings. The quantitative estimate of drug-likeness (QED) is 0.0820. The van der Waals surface area contributed by atoms with E-state index in [1.807, 2.05) is 36.4 Å². The third-order valence-electron chi connectivity index (χ3n) is 10.4. The third-order valence-corrected chi connectivity index (χ3v) is 11.5. The molecule has 2 aliphatic heterocycles. The maximum absolute atomic E-state index is 11.7. The molecule has 2 aliphatic rings. The Kier molecular flexibility index (Phi) is 13.0. The minimum Gasteiger partial charge on any atom is -0.481 e. The molecule has 300 valence electrons. The Hall–Kier alpha value is -5.66. The number of hydrogen-bond donors (Lipinski definition) is 3. The van der Waals surface area contributed by atoms with Crippen LogP contribution in [0.2, 0.25) is 15.1 Å². The normalized spacial score (nSPS) is 14.3. The summed E-state index contributed by atoms with van der Waals surface area (Å²) >= 11 is 20.9. The van der Waals surface area contributed by atoms with Crippen LogP contribution in [0, 0.1) is 22.7 Å². The Bertz CT molecular complexity index is 2440. The van der Waals surface area contributed by atoms with E-state index in [2.05, 4.69) is 56.9 Å². The van der Waals surface area contributed by atoms with Gasteiger partial charge in [-0.1, -0.05) is 95.5 Å². The van der Waals surface area contributed by atoms with Crippen LogP contribution in [-0.4, -0.2) is 52.0 Å². The van der Waals surface area contributed by atoms with Gasteiger partial charge in [-0.25, -0.2) is 0 Å². The molecule has 59 heavy (non-hydrogen) atoms. The summed E-state index contributed by atoms with van der Waals surface area (Å²) in [7, 11) is 0. The van der Waals surface area contributed by atoms with E-state index in [1.165, 1.54) is 11.6 Å². The van der Waals surface area contributed by atoms with E-state index in [4.69, 9.17) is 49.4 Å². The van der Waals surface area contributed by atoms with Gasteiger partial charge in [0.05, 0.1) is 38.8 Å². The average molecular weight is 850 g/mol. The van der Waals surface area contributed by atoms with Gasteiger partial charge in [-0.15, -0.1) is 0 Å². The van der Waals surface area contributed by atoms with Crippen molar-refractivity contribution in [3.8, 4) is 46.2 Å². The van der Waals surface area contributed by atoms with Crippen molar-refractivity contribution in [1.82, 2.24) is 20.5 Å². The lowest BCUT2D eigenvalue weighted by molar-refractivity contribution is -0.137. The highest BCUT2D eigenvalue weighted by Crippen LogP contribution is 2.41. The highest BCUT2D eigenvalue weighted by Gasteiger charge is 2.47. The zero-order valence-corrected chi connectivity index (χ0v) is 34.1. The molecule has 4 aromatic carbocycles. The number of carboxylic acids is 1. The summed E-state index contributed by atoms with van der Waals surface area (Å²) in [5.41, 5.74) is 6.98. The molecule has 2 fully saturated rings. The molecule has 14 heteroatoms. The second-order valence-corrected chi connectivity index (χ2v) is 15.9. The summed E-state index contributed by atoms with van der Waals surface area (Å²) in [5.74, 6) is -0.422. The van der Waals surface area contributed by atoms with Crippen molar-refractivity contribution in [1.29, 1.82) is 10.5 Å². The van der Waals surface area contributed by atoms with E-state index >= 15 is 0 Å². The van der Waals surface area contributed by atoms with Gasteiger partial charge in [0.1, 0.15) is 18.2 Å². The van der Waals surface area contributed by atoms with Crippen LogP contribution in [0.4, 0.5) is 0 Å². The molecule has 1 aromatic heterocycles. The van der Waals surface area contributed by atoms with Gasteiger partial charge in [-0.2, -0.15) is 15.5 Å². The first-order chi connectivity index (χ1) is 28.5. The zero-order valence-electron chi connectivity index (χ0n) is 31.9. The lowest BCUT2D eigenvalue weighted by atomic mass is 9.88. The fraction of sp³-hybridized carbons (Fsp3) is 0.267. The number of halogens is 3. The molecule has 7 rings (SSSR count). The maximum Gasteiger partial charge on any atom is 0.303 e. The fourth-order valence-electron chi connectivity index (χ4n) is 7.48. The molecule has 0 unspecified atom stereocenters. The number of benzene rings is 4. The van der Waals surface area contributed by atoms with Crippen LogP contribution >= 0.6 is 34.8 Å². The molecule has 3 heterocycles. The maximum atomic E-state index is 11.7. The third kappa shape index (κ3) is 9.97. The number of nitriles is 2. The summed E-state index contributed by atoms with van der Waals surface area (Å²) in [5, 5.41) is 35.4. The van der Waals surface area contributed by atoms with Crippen LogP contribution < -0.4 is 20.1 Å². The molecule has 1 spiro atoms. The molecule has 3 N–H and O–H groups in total. The molecular formula is C45H39Cl3N6O5. The Morgan fingerprint density at radius 1 is 0.847 bits per heavy atom. The molecule has 0 aliphatic carbocycles. The van der Waals surface area contributed by atoms with Gasteiger partial charge in [0.2, 0.25) is 17.7 Å². The van der Waals surface area contributed by atoms with Crippen molar-refractivity contribution < 1.29 is 24.2 Å². The second kappa shape index (κ2) is 18.5. The first-order valence-electron chi connectivity index (χ1n) is 19.0. The van der Waals surface area contributed by atoms with Crippen molar-refractivity contribution in [2.45, 2.75) is 57.5 Å². The van der Waals surface area contributed by atoms with Crippen molar-refractivity contribution in [3.63, 3.8) is 0 Å². The Balaban J connectivity index is 1.06. The standard InChI is InChI=1S/C45H39Cl3N6O5/c46-38-19-34(22-51-15-3-8-40(56)57)43(58-24-31-17-29(20-49)16-30(18-31)21-50)52-44(38)59-25-33-4-1-6-36(41(33)47)37-7-2-5-35(42(37)48)32-11-9-28(10-12-32)23-54-26-45(27-54)14-13-39(55)53-45/h1-2,4-7,9-12,16-19,51H,3,8,13-15,22-27H2,(H,53,55)(H,56,57). The summed E-state index contributed by atoms with van der Waals surface area (Å²) < 4.78 is 12.3. The van der Waals surface area contributed by atoms with E-state index in [0.717, 1.165) is 48.3 Å². The van der Waals surface area contributed by atoms with E-state index in [1.54, 1.807) is 18.2 Å². The Morgan fingerprint density at radius 3 is 2.20 bits per heavy atom. The first-order valence-corrected chi connectivity index (χ1v) is 20.2. The van der Waals surface area contributed by atoms with Gasteiger partial charge < -0.3 is 25.2 Å². The largest absolute Gasteiger partial charge is 0.481 e. The number of aromatic nitrogens is 1. The summed E-state index contributed by atoms with van der Waals surface area (Å²) in [6, 6.07) is 30.4. The average Bonchev–Trinajstić information content (AvgIpc) is 3.62. The Morgan fingerprint density at radius 2 is 1.53 bits per heavy atom. The number of carbonyl (C=O) groups excluding carboxylic acids is 1. The van der Waals surface area contributed by atoms with Gasteiger partial charge in [-0.3, -0.25) is 14.5 Å². The van der Waals surface area contributed by atoms with Gasteiger partial charge in [-0.05, 0) is 60.3 Å². The van der Waals surface area contributed by atoms with Crippen LogP contribution in [0.15, 0.2) is 84.9 Å². The SMILES string of the molecule is N#Cc1cc(C#N)cc(COc2nc(OCc3cccc(-c4cccc(-c5ccc(CN6CC7(CCC(=O)N7)C6)cc5)c4Cl)c3Cl)c(Cl)cc2CNCCCC(=O)O)c1. The summed E-state index contributed by atoms with van der Waals surface area (Å²) in [6.45, 7) is 3.29. The summed E-state index contributed by atoms with van der Waals surface area (Å²) in [6.07, 6.45) is 1.97. The highest BCUT2D eigenvalue weighted by molar-refractivity contribution is 6.38. The van der Waals surface area contributed by atoms with E-state index in [0.29, 0.717) is 57.2 Å². The molecular weight excluding hydrogens is 811 g/mol. The fourth-order valence-corrected chi connectivity index (χ4v) is 8.33. The number of nitrogens with zero attached hydrogens (tertiary/aromatic N) is 4. The van der Waals surface area contributed by atoms with Gasteiger partial charge >= 0.3 is 5.97 Å². The predicted octanol–water partition coefficient (Wildman–Crippen LogP) is 8.70. The van der Waals surface area contributed by atoms with Crippen LogP contribution in [0.1, 0.15) is 59.1 Å². The molecule has 2 saturated heterocycles. The number of carboxylic acid groups (broad SMARTS) is 1. The highest BCUT2D eigenvalue weighted by atomic mass is 35.5. The zero-order chi connectivity index (χ0) is 41.5. The van der Waals surface area contributed by atoms with Gasteiger partial charge in [0, 0.05) is 66.8 Å². The second-order valence-electron chi connectivity index (χ2n) is 14.7. The number of hydrogen-bond acceptors (Lipinski definition) is 9. The summed E-state index contributed by atoms with van der Waals surface area (Å²) in [4.78, 5) is 29.6. The van der Waals surface area contributed by atoms with Crippen LogP contribution in [0.25, 0.3) is 22.3 Å². The van der Waals surface area contributed by atoms with Gasteiger partial charge in [0.25, 0.3) is 0 Å². The van der Waals surface area contributed by atoms with Crippen LogP contribution in [0.5, 0.6) is 11.8 Å². The van der Waals surface area contributed by atoms with Crippen molar-refractivity contribution >= 4 is 46.7 Å². The molecule has 11 nitrogen and oxygen atoms in total. The lowest BCUT2D eigenvalue weighted by Crippen LogP contribution is -2.66. The Labute approximate surface area is 357 Å². The molecule has 0 atom stereocenters. The van der Waals surface area contributed by atoms with E-state index in [-0.39, 0.29) is 54.4 Å². The minimum atomic E-state index is -0.878. The minimum absolute atomic E-state index is 0.00325. The van der Waals surface area contributed by atoms with Crippen LogP contribution in [-0.2, 0) is 35.9 Å². The number of pyridine rings is 1.